The maximum absolute atomic E-state index is 5.33. The van der Waals surface area contributed by atoms with E-state index in [1.54, 1.807) is 0 Å². The van der Waals surface area contributed by atoms with Crippen molar-refractivity contribution in [3.8, 4) is 0 Å². The normalized spacial score (nSPS) is 20.2. The van der Waals surface area contributed by atoms with Crippen molar-refractivity contribution in [3.63, 3.8) is 0 Å². The number of hydrogen-bond donors (Lipinski definition) is 2. The molecule has 16 heteroatoms. The third-order valence-corrected chi connectivity index (χ3v) is 0. The molecular formula is H8Cl12Ir2N2. The van der Waals surface area contributed by atoms with Crippen LogP contribution in [0, 0.1) is 0 Å². The Hall–Kier alpha value is 4.70. The Bertz CT molecular complexity index is 164. The maximum atomic E-state index is 5.06. The van der Waals surface area contributed by atoms with Crippen LogP contribution in [0.5, 0.6) is 0 Å². The van der Waals surface area contributed by atoms with Crippen LogP contribution in [0.15, 0.2) is 0 Å². The number of quaternary nitrogens is 2. The SMILES string of the molecule is [Cl][Ir-]([Cl])([Cl])([Cl])([Cl])[Cl].[Cl][Ir-]([Cl])([Cl])([Cl])([Cl])[Cl].[NH4+].[NH4+]. The molecule has 0 aromatic rings. The Morgan fingerprint density at radius 1 is 0.312 bits per heavy atom. The first-order valence-corrected chi connectivity index (χ1v) is 37.1. The second-order valence-electron chi connectivity index (χ2n) is 1.43. The van der Waals surface area contributed by atoms with E-state index in [0.29, 0.717) is 0 Å². The van der Waals surface area contributed by atoms with Gasteiger partial charge in [-0.2, -0.15) is 0 Å². The zero-order chi connectivity index (χ0) is 12.8. The molecule has 0 saturated carbocycles. The summed E-state index contributed by atoms with van der Waals surface area (Å²) in [7, 11) is 60.7. The van der Waals surface area contributed by atoms with E-state index in [-0.39, 0.29) is 12.3 Å². The van der Waals surface area contributed by atoms with Gasteiger partial charge in [-0.05, 0) is 0 Å². The Morgan fingerprint density at radius 2 is 0.312 bits per heavy atom. The van der Waals surface area contributed by atoms with Crippen molar-refractivity contribution in [2.75, 3.05) is 0 Å². The van der Waals surface area contributed by atoms with Gasteiger partial charge in [0.2, 0.25) is 0 Å². The average Bonchev–Trinajstić information content (AvgIpc) is 0.938. The molecule has 8 N–H and O–H groups in total. The number of halogens is 12. The van der Waals surface area contributed by atoms with Crippen LogP contribution in [0.1, 0.15) is 0 Å². The molecule has 0 fully saturated rings. The van der Waals surface area contributed by atoms with E-state index >= 15 is 0 Å². The summed E-state index contributed by atoms with van der Waals surface area (Å²) in [5, 5.41) is 0. The van der Waals surface area contributed by atoms with Gasteiger partial charge in [-0.3, -0.25) is 0 Å². The molecule has 0 atom stereocenters. The van der Waals surface area contributed by atoms with Crippen molar-refractivity contribution >= 4 is 115 Å². The van der Waals surface area contributed by atoms with Crippen molar-refractivity contribution in [2.24, 2.45) is 0 Å². The molecule has 0 aromatic carbocycles. The Morgan fingerprint density at radius 3 is 0.312 bits per heavy atom. The van der Waals surface area contributed by atoms with Crippen LogP contribution >= 0.6 is 115 Å². The van der Waals surface area contributed by atoms with E-state index in [9.17, 15) is 0 Å². The predicted molar refractivity (Wildman–Crippen MR) is 82.2 cm³/mol. The quantitative estimate of drug-likeness (QED) is 0.245. The molecule has 0 spiro atoms. The van der Waals surface area contributed by atoms with E-state index in [1.807, 2.05) is 0 Å². The van der Waals surface area contributed by atoms with Gasteiger partial charge in [-0.1, -0.05) is 0 Å². The van der Waals surface area contributed by atoms with Crippen LogP contribution < -0.4 is 12.3 Å². The van der Waals surface area contributed by atoms with Gasteiger partial charge in [-0.15, -0.1) is 0 Å². The minimum atomic E-state index is -5.33. The second-order valence-corrected chi connectivity index (χ2v) is 105. The summed E-state index contributed by atoms with van der Waals surface area (Å²) in [6.45, 7) is -10.7. The van der Waals surface area contributed by atoms with Gasteiger partial charge in [0, 0.05) is 0 Å². The molecule has 0 aliphatic carbocycles. The van der Waals surface area contributed by atoms with Gasteiger partial charge in [0.25, 0.3) is 0 Å². The van der Waals surface area contributed by atoms with Crippen LogP contribution in [0.4, 0.5) is 0 Å². The molecule has 0 unspecified atom stereocenters. The Labute approximate surface area is 138 Å². The first-order valence-electron chi connectivity index (χ1n) is 1.51. The van der Waals surface area contributed by atoms with E-state index in [1.165, 1.54) is 0 Å². The molecule has 0 amide bonds. The van der Waals surface area contributed by atoms with Crippen molar-refractivity contribution in [1.82, 2.24) is 12.3 Å². The third kappa shape index (κ3) is 265. The Kier molecular flexibility index (Phi) is 10.3. The van der Waals surface area contributed by atoms with Crippen LogP contribution in [0.3, 0.4) is 0 Å². The summed E-state index contributed by atoms with van der Waals surface area (Å²) in [5.74, 6) is 0. The van der Waals surface area contributed by atoms with Gasteiger partial charge in [0.15, 0.2) is 0 Å². The van der Waals surface area contributed by atoms with Gasteiger partial charge >= 0.3 is 129 Å². The minimum Gasteiger partial charge on any atom is -0.369 e. The first-order chi connectivity index (χ1) is 4.90. The van der Waals surface area contributed by atoms with Gasteiger partial charge in [0.05, 0.1) is 0 Å². The molecule has 120 valence electrons. The van der Waals surface area contributed by atoms with Crippen LogP contribution in [-0.4, -0.2) is 0 Å². The average molecular weight is 846 g/mol. The molecule has 0 rings (SSSR count). The second kappa shape index (κ2) is 5.72. The molecule has 0 saturated heterocycles. The molecular weight excluding hydrogens is 838 g/mol. The van der Waals surface area contributed by atoms with Gasteiger partial charge in [0.1, 0.15) is 0 Å². The zero-order valence-electron chi connectivity index (χ0n) is 7.20. The predicted octanol–water partition coefficient (Wildman–Crippen LogP) is 9.02. The Balaban J connectivity index is -0.0000000800. The first kappa shape index (κ1) is 28.8. The van der Waals surface area contributed by atoms with Crippen LogP contribution in [0.2, 0.25) is 0 Å². The largest absolute Gasteiger partial charge is 0.369 e. The summed E-state index contributed by atoms with van der Waals surface area (Å²) in [6, 6.07) is 0. The molecule has 0 bridgehead atoms. The smallest absolute Gasteiger partial charge is 0.369 e. The molecule has 0 aromatic heterocycles. The van der Waals surface area contributed by atoms with E-state index in [2.05, 4.69) is 0 Å². The van der Waals surface area contributed by atoms with Crippen molar-refractivity contribution < 1.29 is 13.6 Å². The number of rotatable bonds is 0. The molecule has 0 heterocycles. The monoisotopic (exact) mass is 842 g/mol. The molecule has 0 aliphatic rings. The van der Waals surface area contributed by atoms with Gasteiger partial charge in [-0.25, -0.2) is 0 Å². The van der Waals surface area contributed by atoms with E-state index < -0.39 is 13.6 Å². The molecule has 2 nitrogen and oxygen atoms in total. The summed E-state index contributed by atoms with van der Waals surface area (Å²) in [5.41, 5.74) is 0. The van der Waals surface area contributed by atoms with Crippen molar-refractivity contribution in [1.29, 1.82) is 0 Å². The summed E-state index contributed by atoms with van der Waals surface area (Å²) >= 11 is 0. The molecule has 16 heavy (non-hydrogen) atoms. The maximum Gasteiger partial charge on any atom is -0.369 e. The fourth-order valence-electron chi connectivity index (χ4n) is 0. The van der Waals surface area contributed by atoms with Crippen LogP contribution in [0.25, 0.3) is 0 Å². The summed E-state index contributed by atoms with van der Waals surface area (Å²) in [4.78, 5) is 0. The topological polar surface area (TPSA) is 73.0 Å². The van der Waals surface area contributed by atoms with Gasteiger partial charge < -0.3 is 12.3 Å². The fourth-order valence-corrected chi connectivity index (χ4v) is 0. The van der Waals surface area contributed by atoms with E-state index in [0.717, 1.165) is 0 Å². The summed E-state index contributed by atoms with van der Waals surface area (Å²) < 4.78 is 0. The van der Waals surface area contributed by atoms with Crippen molar-refractivity contribution in [2.45, 2.75) is 0 Å². The molecule has 0 radical (unpaired) electrons. The molecule has 0 aliphatic heterocycles. The standard InChI is InChI=1S/12ClH.2Ir.2H3N/h12*1H;;;2*1H3/q;;;;;;;;;;;;2*+5;;/p-10. The van der Waals surface area contributed by atoms with Crippen LogP contribution in [-0.2, 0) is 13.6 Å². The fraction of sp³-hybridized carbons (Fsp3) is 0. The zero-order valence-corrected chi connectivity index (χ0v) is 21.1. The van der Waals surface area contributed by atoms with Crippen molar-refractivity contribution in [3.05, 3.63) is 0 Å². The number of hydrogen-bond acceptors (Lipinski definition) is 0. The summed E-state index contributed by atoms with van der Waals surface area (Å²) in [6.07, 6.45) is 0. The minimum absolute atomic E-state index is 0. The third-order valence-electron chi connectivity index (χ3n) is 0. The van der Waals surface area contributed by atoms with E-state index in [4.69, 9.17) is 115 Å².